The number of halogens is 1. The first-order valence-corrected chi connectivity index (χ1v) is 6.35. The van der Waals surface area contributed by atoms with Crippen LogP contribution in [0.1, 0.15) is 17.3 Å². The van der Waals surface area contributed by atoms with Crippen LogP contribution in [0.25, 0.3) is 0 Å². The van der Waals surface area contributed by atoms with E-state index in [-0.39, 0.29) is 17.7 Å². The molecule has 1 aliphatic rings. The Morgan fingerprint density at radius 2 is 2.17 bits per heavy atom. The highest BCUT2D eigenvalue weighted by atomic mass is 35.5. The third kappa shape index (κ3) is 2.60. The molecular formula is C13H17ClN2O2. The van der Waals surface area contributed by atoms with Crippen molar-refractivity contribution in [3.05, 3.63) is 28.8 Å². The summed E-state index contributed by atoms with van der Waals surface area (Å²) >= 11 is 6.02. The molecule has 1 unspecified atom stereocenters. The van der Waals surface area contributed by atoms with Gasteiger partial charge in [0.25, 0.3) is 5.91 Å². The number of aromatic hydroxyl groups is 1. The lowest BCUT2D eigenvalue weighted by molar-refractivity contribution is 0.0533. The minimum absolute atomic E-state index is 0.0598. The van der Waals surface area contributed by atoms with Crippen molar-refractivity contribution < 1.29 is 9.90 Å². The van der Waals surface area contributed by atoms with Crippen molar-refractivity contribution >= 4 is 17.5 Å². The molecule has 98 valence electrons. The Morgan fingerprint density at radius 3 is 2.83 bits per heavy atom. The highest BCUT2D eigenvalue weighted by Crippen LogP contribution is 2.24. The van der Waals surface area contributed by atoms with E-state index in [0.717, 1.165) is 13.1 Å². The first kappa shape index (κ1) is 13.2. The molecule has 0 aliphatic carbocycles. The summed E-state index contributed by atoms with van der Waals surface area (Å²) in [5.41, 5.74) is 0.369. The fourth-order valence-electron chi connectivity index (χ4n) is 2.27. The predicted octanol–water partition coefficient (Wildman–Crippen LogP) is 1.82. The third-order valence-corrected chi connectivity index (χ3v) is 3.60. The third-order valence-electron chi connectivity index (χ3n) is 3.27. The lowest BCUT2D eigenvalue weighted by atomic mass is 10.1. The Hall–Kier alpha value is -1.26. The zero-order chi connectivity index (χ0) is 13.3. The van der Waals surface area contributed by atoms with Gasteiger partial charge in [-0.2, -0.15) is 0 Å². The Labute approximate surface area is 112 Å². The number of phenolic OH excluding ortho intramolecular Hbond substituents is 1. The van der Waals surface area contributed by atoms with Crippen LogP contribution in [-0.4, -0.2) is 53.5 Å². The van der Waals surface area contributed by atoms with Crippen molar-refractivity contribution in [1.29, 1.82) is 0 Å². The van der Waals surface area contributed by atoms with Gasteiger partial charge in [-0.25, -0.2) is 0 Å². The molecule has 0 saturated carbocycles. The van der Waals surface area contributed by atoms with Gasteiger partial charge in [0.15, 0.2) is 0 Å². The number of amides is 1. The maximum absolute atomic E-state index is 12.4. The van der Waals surface area contributed by atoms with Gasteiger partial charge >= 0.3 is 0 Å². The van der Waals surface area contributed by atoms with Gasteiger partial charge in [0.1, 0.15) is 5.75 Å². The number of benzene rings is 1. The van der Waals surface area contributed by atoms with Gasteiger partial charge in [-0.1, -0.05) is 11.6 Å². The van der Waals surface area contributed by atoms with Gasteiger partial charge in [-0.05, 0) is 32.2 Å². The molecule has 4 nitrogen and oxygen atoms in total. The van der Waals surface area contributed by atoms with Crippen molar-refractivity contribution in [3.63, 3.8) is 0 Å². The number of carbonyl (C=O) groups is 1. The van der Waals surface area contributed by atoms with E-state index in [2.05, 4.69) is 4.90 Å². The average molecular weight is 269 g/mol. The number of nitrogens with zero attached hydrogens (tertiary/aromatic N) is 2. The predicted molar refractivity (Wildman–Crippen MR) is 71.1 cm³/mol. The summed E-state index contributed by atoms with van der Waals surface area (Å²) in [7, 11) is 2.04. The summed E-state index contributed by atoms with van der Waals surface area (Å²) in [6.07, 6.45) is 0. The van der Waals surface area contributed by atoms with Crippen LogP contribution < -0.4 is 0 Å². The number of hydrogen-bond donors (Lipinski definition) is 1. The van der Waals surface area contributed by atoms with Crippen LogP contribution in [0, 0.1) is 0 Å². The standard InChI is InChI=1S/C13H17ClN2O2/c1-9-8-15(2)5-6-16(9)13(18)11-7-10(17)3-4-12(11)14/h3-4,7,9,17H,5-6,8H2,1-2H3. The molecule has 5 heteroatoms. The van der Waals surface area contributed by atoms with E-state index in [1.54, 1.807) is 11.0 Å². The van der Waals surface area contributed by atoms with Crippen LogP contribution in [0.2, 0.25) is 5.02 Å². The smallest absolute Gasteiger partial charge is 0.255 e. The molecular weight excluding hydrogens is 252 g/mol. The van der Waals surface area contributed by atoms with E-state index in [4.69, 9.17) is 11.6 Å². The molecule has 0 bridgehead atoms. The van der Waals surface area contributed by atoms with Crippen LogP contribution in [0.3, 0.4) is 0 Å². The Bertz CT molecular complexity index is 464. The zero-order valence-electron chi connectivity index (χ0n) is 10.6. The quantitative estimate of drug-likeness (QED) is 0.845. The first-order valence-electron chi connectivity index (χ1n) is 5.97. The van der Waals surface area contributed by atoms with Gasteiger partial charge in [-0.15, -0.1) is 0 Å². The fraction of sp³-hybridized carbons (Fsp3) is 0.462. The van der Waals surface area contributed by atoms with E-state index in [9.17, 15) is 9.90 Å². The number of phenols is 1. The van der Waals surface area contributed by atoms with Crippen LogP contribution >= 0.6 is 11.6 Å². The number of piperazine rings is 1. The molecule has 1 aromatic carbocycles. The van der Waals surface area contributed by atoms with E-state index >= 15 is 0 Å². The molecule has 0 spiro atoms. The number of likely N-dealkylation sites (N-methyl/N-ethyl adjacent to an activating group) is 1. The molecule has 1 atom stereocenters. The second kappa shape index (κ2) is 5.16. The number of carbonyl (C=O) groups excluding carboxylic acids is 1. The molecule has 0 aromatic heterocycles. The maximum atomic E-state index is 12.4. The van der Waals surface area contributed by atoms with Crippen LogP contribution in [0.4, 0.5) is 0 Å². The lowest BCUT2D eigenvalue weighted by Gasteiger charge is -2.38. The fourth-order valence-corrected chi connectivity index (χ4v) is 2.47. The Morgan fingerprint density at radius 1 is 1.44 bits per heavy atom. The molecule has 1 saturated heterocycles. The van der Waals surface area contributed by atoms with Crippen molar-refractivity contribution in [3.8, 4) is 5.75 Å². The van der Waals surface area contributed by atoms with Crippen molar-refractivity contribution in [2.45, 2.75) is 13.0 Å². The normalized spacial score (nSPS) is 21.1. The largest absolute Gasteiger partial charge is 0.508 e. The highest BCUT2D eigenvalue weighted by molar-refractivity contribution is 6.33. The molecule has 1 aromatic rings. The SMILES string of the molecule is CC1CN(C)CCN1C(=O)c1cc(O)ccc1Cl. The second-order valence-electron chi connectivity index (χ2n) is 4.77. The molecule has 1 amide bonds. The topological polar surface area (TPSA) is 43.8 Å². The van der Waals surface area contributed by atoms with Gasteiger partial charge in [0.05, 0.1) is 10.6 Å². The van der Waals surface area contributed by atoms with Crippen LogP contribution in [-0.2, 0) is 0 Å². The first-order chi connectivity index (χ1) is 8.49. The Balaban J connectivity index is 2.23. The van der Waals surface area contributed by atoms with E-state index in [1.165, 1.54) is 12.1 Å². The van der Waals surface area contributed by atoms with Gasteiger partial charge in [0.2, 0.25) is 0 Å². The van der Waals surface area contributed by atoms with Gasteiger partial charge in [-0.3, -0.25) is 4.79 Å². The van der Waals surface area contributed by atoms with Crippen molar-refractivity contribution in [1.82, 2.24) is 9.80 Å². The molecule has 1 N–H and O–H groups in total. The summed E-state index contributed by atoms with van der Waals surface area (Å²) in [4.78, 5) is 16.4. The molecule has 18 heavy (non-hydrogen) atoms. The summed E-state index contributed by atoms with van der Waals surface area (Å²) in [6.45, 7) is 4.40. The van der Waals surface area contributed by atoms with Crippen molar-refractivity contribution in [2.75, 3.05) is 26.7 Å². The maximum Gasteiger partial charge on any atom is 0.255 e. The van der Waals surface area contributed by atoms with Crippen LogP contribution in [0.5, 0.6) is 5.75 Å². The lowest BCUT2D eigenvalue weighted by Crippen LogP contribution is -2.52. The van der Waals surface area contributed by atoms with E-state index in [1.807, 2.05) is 14.0 Å². The summed E-state index contributed by atoms with van der Waals surface area (Å²) in [5.74, 6) is -0.0546. The molecule has 1 aliphatic heterocycles. The molecule has 2 rings (SSSR count). The molecule has 0 radical (unpaired) electrons. The van der Waals surface area contributed by atoms with Crippen LogP contribution in [0.15, 0.2) is 18.2 Å². The monoisotopic (exact) mass is 268 g/mol. The Kier molecular flexibility index (Phi) is 3.78. The summed E-state index contributed by atoms with van der Waals surface area (Å²) in [6, 6.07) is 4.60. The van der Waals surface area contributed by atoms with Gasteiger partial charge < -0.3 is 14.9 Å². The minimum Gasteiger partial charge on any atom is -0.508 e. The van der Waals surface area contributed by atoms with Gasteiger partial charge in [0, 0.05) is 25.7 Å². The van der Waals surface area contributed by atoms with E-state index < -0.39 is 0 Å². The number of hydrogen-bond acceptors (Lipinski definition) is 3. The molecule has 1 heterocycles. The highest BCUT2D eigenvalue weighted by Gasteiger charge is 2.27. The summed E-state index contributed by atoms with van der Waals surface area (Å²) in [5, 5.41) is 9.83. The second-order valence-corrected chi connectivity index (χ2v) is 5.18. The average Bonchev–Trinajstić information content (AvgIpc) is 2.31. The van der Waals surface area contributed by atoms with Crippen molar-refractivity contribution in [2.24, 2.45) is 0 Å². The van der Waals surface area contributed by atoms with E-state index in [0.29, 0.717) is 17.1 Å². The molecule has 1 fully saturated rings. The number of rotatable bonds is 1. The summed E-state index contributed by atoms with van der Waals surface area (Å²) < 4.78 is 0. The minimum atomic E-state index is -0.114. The zero-order valence-corrected chi connectivity index (χ0v) is 11.3.